The van der Waals surface area contributed by atoms with Gasteiger partial charge in [-0.2, -0.15) is 13.2 Å². The first-order chi connectivity index (χ1) is 12.1. The zero-order chi connectivity index (χ0) is 19.5. The van der Waals surface area contributed by atoms with E-state index in [-0.39, 0.29) is 23.1 Å². The van der Waals surface area contributed by atoms with Crippen LogP contribution in [-0.4, -0.2) is 15.7 Å². The lowest BCUT2D eigenvalue weighted by Gasteiger charge is -2.18. The topological polar surface area (TPSA) is 81.6 Å². The summed E-state index contributed by atoms with van der Waals surface area (Å²) in [7, 11) is 0. The minimum atomic E-state index is -4.39. The van der Waals surface area contributed by atoms with Crippen LogP contribution >= 0.6 is 0 Å². The molecule has 0 saturated heterocycles. The maximum absolute atomic E-state index is 12.7. The Morgan fingerprint density at radius 1 is 1.31 bits per heavy atom. The highest BCUT2D eigenvalue weighted by molar-refractivity contribution is 6.00. The van der Waals surface area contributed by atoms with Crippen LogP contribution in [0.4, 0.5) is 19.0 Å². The highest BCUT2D eigenvalue weighted by atomic mass is 19.4. The summed E-state index contributed by atoms with van der Waals surface area (Å²) < 4.78 is 38.0. The molecule has 0 saturated carbocycles. The quantitative estimate of drug-likeness (QED) is 0.667. The van der Waals surface area contributed by atoms with Gasteiger partial charge in [-0.1, -0.05) is 19.1 Å². The Balaban J connectivity index is 2.34. The lowest BCUT2D eigenvalue weighted by atomic mass is 10.1. The zero-order valence-corrected chi connectivity index (χ0v) is 14.8. The van der Waals surface area contributed by atoms with Gasteiger partial charge >= 0.3 is 6.18 Å². The summed E-state index contributed by atoms with van der Waals surface area (Å²) in [6.07, 6.45) is -3.02. The second-order valence-corrected chi connectivity index (χ2v) is 6.10. The summed E-state index contributed by atoms with van der Waals surface area (Å²) in [5, 5.41) is 10.9. The summed E-state index contributed by atoms with van der Waals surface area (Å²) in [6.45, 7) is 5.20. The van der Waals surface area contributed by atoms with E-state index in [0.717, 1.165) is 18.6 Å². The van der Waals surface area contributed by atoms with E-state index >= 15 is 0 Å². The number of halogens is 3. The normalized spacial score (nSPS) is 12.7. The molecule has 1 unspecified atom stereocenters. The predicted octanol–water partition coefficient (Wildman–Crippen LogP) is 4.30. The Morgan fingerprint density at radius 2 is 1.92 bits per heavy atom. The number of aromatic nitrogens is 2. The van der Waals surface area contributed by atoms with Crippen LogP contribution in [0.2, 0.25) is 0 Å². The molecule has 1 heterocycles. The van der Waals surface area contributed by atoms with Crippen LogP contribution in [0.5, 0.6) is 0 Å². The van der Waals surface area contributed by atoms with Gasteiger partial charge in [-0.3, -0.25) is 4.79 Å². The second kappa shape index (κ2) is 7.72. The first-order valence-electron chi connectivity index (χ1n) is 8.26. The van der Waals surface area contributed by atoms with Gasteiger partial charge in [0.1, 0.15) is 17.2 Å². The lowest BCUT2D eigenvalue weighted by Crippen LogP contribution is -2.24. The zero-order valence-electron chi connectivity index (χ0n) is 14.8. The van der Waals surface area contributed by atoms with E-state index in [2.05, 4.69) is 15.3 Å². The van der Waals surface area contributed by atoms with Crippen molar-refractivity contribution in [3.05, 3.63) is 57.1 Å². The molecule has 0 bridgehead atoms. The third-order valence-electron chi connectivity index (χ3n) is 3.92. The van der Waals surface area contributed by atoms with Crippen molar-refractivity contribution < 1.29 is 13.2 Å². The molecule has 8 heteroatoms. The van der Waals surface area contributed by atoms with Gasteiger partial charge in [0.05, 0.1) is 5.56 Å². The van der Waals surface area contributed by atoms with E-state index in [1.165, 1.54) is 19.1 Å². The van der Waals surface area contributed by atoms with E-state index in [9.17, 15) is 18.0 Å². The van der Waals surface area contributed by atoms with Crippen LogP contribution in [0.15, 0.2) is 29.1 Å². The molecule has 1 aromatic carbocycles. The van der Waals surface area contributed by atoms with Gasteiger partial charge in [0.25, 0.3) is 5.56 Å². The van der Waals surface area contributed by atoms with E-state index in [0.29, 0.717) is 17.8 Å². The van der Waals surface area contributed by atoms with Crippen molar-refractivity contribution in [2.75, 3.05) is 5.32 Å². The van der Waals surface area contributed by atoms with Gasteiger partial charge in [-0.25, -0.2) is 4.98 Å². The number of nitrogens with one attached hydrogen (secondary N) is 3. The molecule has 0 spiro atoms. The fourth-order valence-corrected chi connectivity index (χ4v) is 2.58. The summed E-state index contributed by atoms with van der Waals surface area (Å²) in [5.74, 6) is 0.765. The van der Waals surface area contributed by atoms with Crippen molar-refractivity contribution in [3.8, 4) is 0 Å². The third-order valence-corrected chi connectivity index (χ3v) is 3.92. The van der Waals surface area contributed by atoms with Crippen LogP contribution in [0.1, 0.15) is 55.7 Å². The summed E-state index contributed by atoms with van der Waals surface area (Å²) in [4.78, 5) is 19.3. The summed E-state index contributed by atoms with van der Waals surface area (Å²) in [6, 6.07) is 4.42. The van der Waals surface area contributed by atoms with Crippen molar-refractivity contribution in [1.82, 2.24) is 9.97 Å². The van der Waals surface area contributed by atoms with Crippen LogP contribution in [-0.2, 0) is 12.6 Å². The van der Waals surface area contributed by atoms with E-state index in [1.807, 2.05) is 6.92 Å². The highest BCUT2D eigenvalue weighted by Gasteiger charge is 2.30. The molecule has 0 aliphatic carbocycles. The Kier molecular flexibility index (Phi) is 5.84. The number of hydrogen-bond donors (Lipinski definition) is 3. The average molecular weight is 366 g/mol. The second-order valence-electron chi connectivity index (χ2n) is 6.10. The first-order valence-corrected chi connectivity index (χ1v) is 8.26. The Morgan fingerprint density at radius 3 is 2.42 bits per heavy atom. The minimum absolute atomic E-state index is 0.0592. The molecule has 1 atom stereocenters. The van der Waals surface area contributed by atoms with Crippen molar-refractivity contribution >= 4 is 11.5 Å². The van der Waals surface area contributed by atoms with E-state index in [4.69, 9.17) is 5.41 Å². The molecule has 0 fully saturated rings. The minimum Gasteiger partial charge on any atom is -0.363 e. The van der Waals surface area contributed by atoms with Crippen molar-refractivity contribution in [2.45, 2.75) is 45.8 Å². The van der Waals surface area contributed by atoms with Gasteiger partial charge in [0.15, 0.2) is 0 Å². The van der Waals surface area contributed by atoms with E-state index < -0.39 is 17.3 Å². The number of H-pyrrole nitrogens is 1. The van der Waals surface area contributed by atoms with Gasteiger partial charge in [-0.05, 0) is 38.0 Å². The molecule has 0 radical (unpaired) electrons. The first kappa shape index (κ1) is 19.7. The number of rotatable bonds is 6. The van der Waals surface area contributed by atoms with Gasteiger partial charge < -0.3 is 15.7 Å². The van der Waals surface area contributed by atoms with Crippen molar-refractivity contribution in [3.63, 3.8) is 0 Å². The number of aromatic amines is 1. The molecule has 0 aliphatic heterocycles. The van der Waals surface area contributed by atoms with Crippen LogP contribution in [0.25, 0.3) is 0 Å². The van der Waals surface area contributed by atoms with Gasteiger partial charge in [0, 0.05) is 18.2 Å². The Bertz CT molecular complexity index is 841. The molecule has 3 N–H and O–H groups in total. The fourth-order valence-electron chi connectivity index (χ4n) is 2.58. The van der Waals surface area contributed by atoms with Crippen LogP contribution in [0, 0.1) is 5.41 Å². The smallest absolute Gasteiger partial charge is 0.363 e. The molecule has 5 nitrogen and oxygen atoms in total. The predicted molar refractivity (Wildman–Crippen MR) is 94.8 cm³/mol. The van der Waals surface area contributed by atoms with Crippen LogP contribution < -0.4 is 10.9 Å². The Hall–Kier alpha value is -2.64. The molecular formula is C18H21F3N4O. The highest BCUT2D eigenvalue weighted by Crippen LogP contribution is 2.30. The lowest BCUT2D eigenvalue weighted by molar-refractivity contribution is -0.137. The molecule has 2 rings (SSSR count). The largest absolute Gasteiger partial charge is 0.416 e. The molecule has 1 aromatic heterocycles. The monoisotopic (exact) mass is 366 g/mol. The van der Waals surface area contributed by atoms with Crippen molar-refractivity contribution in [2.24, 2.45) is 0 Å². The molecule has 2 aromatic rings. The number of alkyl halides is 3. The molecular weight excluding hydrogens is 345 g/mol. The fraction of sp³-hybridized carbons (Fsp3) is 0.389. The SMILES string of the molecule is CCCc1nc(NC(C)c2ccc(C(F)(F)F)cc2)c(C(C)=N)c(=O)[nH]1. The molecule has 0 amide bonds. The number of benzene rings is 1. The van der Waals surface area contributed by atoms with Crippen molar-refractivity contribution in [1.29, 1.82) is 5.41 Å². The third kappa shape index (κ3) is 4.50. The standard InChI is InChI=1S/C18H21F3N4O/c1-4-5-14-24-16(15(10(2)22)17(26)25-14)23-11(3)12-6-8-13(9-7-12)18(19,20)21/h6-9,11,22H,4-5H2,1-3H3,(H2,23,24,25,26). The molecule has 26 heavy (non-hydrogen) atoms. The molecule has 140 valence electrons. The molecule has 0 aliphatic rings. The van der Waals surface area contributed by atoms with Crippen LogP contribution in [0.3, 0.4) is 0 Å². The van der Waals surface area contributed by atoms with Gasteiger partial charge in [0.2, 0.25) is 0 Å². The summed E-state index contributed by atoms with van der Waals surface area (Å²) in [5.41, 5.74) is -0.319. The number of nitrogens with zero attached hydrogens (tertiary/aromatic N) is 1. The summed E-state index contributed by atoms with van der Waals surface area (Å²) >= 11 is 0. The number of anilines is 1. The average Bonchev–Trinajstić information content (AvgIpc) is 2.53. The van der Waals surface area contributed by atoms with E-state index in [1.54, 1.807) is 6.92 Å². The Labute approximate surface area is 149 Å². The van der Waals surface area contributed by atoms with Gasteiger partial charge in [-0.15, -0.1) is 0 Å². The maximum atomic E-state index is 12.7. The number of hydrogen-bond acceptors (Lipinski definition) is 4. The maximum Gasteiger partial charge on any atom is 0.416 e. The number of aryl methyl sites for hydroxylation is 1.